The van der Waals surface area contributed by atoms with Crippen molar-refractivity contribution in [1.82, 2.24) is 10.0 Å². The highest BCUT2D eigenvalue weighted by Crippen LogP contribution is 2.60. The van der Waals surface area contributed by atoms with Gasteiger partial charge in [0.05, 0.1) is 34.1 Å². The summed E-state index contributed by atoms with van der Waals surface area (Å²) in [4.78, 5) is 32.4. The number of thiocarbonyl (C=S) groups is 1. The fourth-order valence-electron chi connectivity index (χ4n) is 6.90. The lowest BCUT2D eigenvalue weighted by Crippen LogP contribution is -2.58. The summed E-state index contributed by atoms with van der Waals surface area (Å²) >= 11 is 18.9. The van der Waals surface area contributed by atoms with Crippen LogP contribution in [0.3, 0.4) is 0 Å². The van der Waals surface area contributed by atoms with Crippen molar-refractivity contribution in [3.8, 4) is 5.75 Å². The summed E-state index contributed by atoms with van der Waals surface area (Å²) in [5.74, 6) is -2.04. The number of halogens is 3. The van der Waals surface area contributed by atoms with Gasteiger partial charge in [0.2, 0.25) is 10.0 Å². The maximum atomic E-state index is 15.0. The van der Waals surface area contributed by atoms with E-state index in [0.29, 0.717) is 37.4 Å². The van der Waals surface area contributed by atoms with Crippen LogP contribution in [-0.2, 0) is 25.0 Å². The van der Waals surface area contributed by atoms with E-state index in [-0.39, 0.29) is 36.5 Å². The highest BCUT2D eigenvalue weighted by Gasteiger charge is 2.60. The number of nitrogens with one attached hydrogen (secondary N) is 2. The van der Waals surface area contributed by atoms with Gasteiger partial charge in [-0.05, 0) is 78.9 Å². The molecule has 8 nitrogen and oxygen atoms in total. The van der Waals surface area contributed by atoms with Crippen LogP contribution in [0.15, 0.2) is 59.6 Å². The predicted molar refractivity (Wildman–Crippen MR) is 186 cm³/mol. The van der Waals surface area contributed by atoms with Crippen molar-refractivity contribution in [2.24, 2.45) is 4.99 Å². The standard InChI is InChI=1S/C34H34Cl2FN3O5S2/c1-6-33(7-2,32(42)40-47(5,43)44)45-28-13-10-20(35)14-24(28)26-17-29(46)39-31(23-16-22(37)11-8-18(23)3)34(26)25-12-9-21(36)15-27(25)38-30(34)19(4)41/h8-16,26,31H,6-7,17H2,1-5H3,(H,39,46)(H,40,42)/t26-,31-,34-/m0/s1. The van der Waals surface area contributed by atoms with Crippen LogP contribution in [0.25, 0.3) is 0 Å². The molecule has 0 saturated carbocycles. The molecule has 0 aromatic heterocycles. The van der Waals surface area contributed by atoms with Gasteiger partial charge < -0.3 is 10.1 Å². The van der Waals surface area contributed by atoms with Crippen molar-refractivity contribution in [2.75, 3.05) is 6.26 Å². The molecule has 2 heterocycles. The van der Waals surface area contributed by atoms with E-state index in [1.54, 1.807) is 50.2 Å². The van der Waals surface area contributed by atoms with E-state index in [1.807, 2.05) is 13.0 Å². The normalized spacial score (nSPS) is 20.8. The van der Waals surface area contributed by atoms with E-state index >= 15 is 0 Å². The first-order valence-electron chi connectivity index (χ1n) is 15.0. The third kappa shape index (κ3) is 6.30. The molecule has 3 aromatic rings. The number of carbonyl (C=O) groups excluding carboxylic acids is 2. The highest BCUT2D eigenvalue weighted by atomic mass is 35.5. The molecule has 0 bridgehead atoms. The number of aliphatic imine (C=N–C) groups is 1. The van der Waals surface area contributed by atoms with Crippen LogP contribution < -0.4 is 14.8 Å². The van der Waals surface area contributed by atoms with E-state index in [2.05, 4.69) is 10.0 Å². The maximum absolute atomic E-state index is 15.0. The Hall–Kier alpha value is -3.38. The molecular formula is C34H34Cl2FN3O5S2. The van der Waals surface area contributed by atoms with E-state index in [0.717, 1.165) is 11.8 Å². The van der Waals surface area contributed by atoms with Crippen molar-refractivity contribution in [3.63, 3.8) is 0 Å². The van der Waals surface area contributed by atoms with Crippen LogP contribution in [0.2, 0.25) is 10.0 Å². The van der Waals surface area contributed by atoms with Crippen molar-refractivity contribution >= 4 is 73.5 Å². The zero-order valence-corrected chi connectivity index (χ0v) is 29.6. The molecule has 3 aromatic carbocycles. The lowest BCUT2D eigenvalue weighted by atomic mass is 9.56. The summed E-state index contributed by atoms with van der Waals surface area (Å²) < 4.78 is 47.8. The minimum absolute atomic E-state index is 0.134. The number of aryl methyl sites for hydroxylation is 1. The molecular weight excluding hydrogens is 684 g/mol. The number of carbonyl (C=O) groups is 2. The maximum Gasteiger partial charge on any atom is 0.277 e. The quantitative estimate of drug-likeness (QED) is 0.225. The number of rotatable bonds is 9. The van der Waals surface area contributed by atoms with Gasteiger partial charge in [0.15, 0.2) is 11.4 Å². The average molecular weight is 719 g/mol. The van der Waals surface area contributed by atoms with Gasteiger partial charge in [-0.2, -0.15) is 0 Å². The number of piperidine rings is 1. The first kappa shape index (κ1) is 34.9. The van der Waals surface area contributed by atoms with Gasteiger partial charge in [-0.25, -0.2) is 22.5 Å². The molecule has 1 saturated heterocycles. The monoisotopic (exact) mass is 717 g/mol. The van der Waals surface area contributed by atoms with E-state index < -0.39 is 44.7 Å². The Labute approximate surface area is 289 Å². The van der Waals surface area contributed by atoms with Crippen molar-refractivity contribution in [2.45, 2.75) is 69.9 Å². The van der Waals surface area contributed by atoms with Gasteiger partial charge >= 0.3 is 0 Å². The first-order chi connectivity index (χ1) is 22.1. The molecule has 1 spiro atoms. The molecule has 3 atom stereocenters. The SMILES string of the molecule is CCC(CC)(Oc1ccc(Cl)cc1[C@@H]1CC(=S)N[C@@H](c2cc(F)ccc2C)[C@]12C(C(C)=O)=Nc1cc(Cl)ccc12)C(=O)NS(C)(=O)=O. The van der Waals surface area contributed by atoms with Crippen molar-refractivity contribution in [1.29, 1.82) is 0 Å². The number of ketones is 1. The smallest absolute Gasteiger partial charge is 0.277 e. The van der Waals surface area contributed by atoms with E-state index in [9.17, 15) is 22.4 Å². The largest absolute Gasteiger partial charge is 0.477 e. The predicted octanol–water partition coefficient (Wildman–Crippen LogP) is 7.21. The molecule has 1 fully saturated rings. The summed E-state index contributed by atoms with van der Waals surface area (Å²) in [7, 11) is -3.90. The Morgan fingerprint density at radius 1 is 1.09 bits per heavy atom. The van der Waals surface area contributed by atoms with Crippen LogP contribution in [0.1, 0.15) is 74.2 Å². The molecule has 13 heteroatoms. The average Bonchev–Trinajstić information content (AvgIpc) is 3.32. The molecule has 0 unspecified atom stereocenters. The number of fused-ring (bicyclic) bond motifs is 2. The third-order valence-corrected chi connectivity index (χ3v) is 10.4. The molecule has 2 aliphatic heterocycles. The van der Waals surface area contributed by atoms with Gasteiger partial charge in [-0.15, -0.1) is 0 Å². The number of hydrogen-bond donors (Lipinski definition) is 2. The zero-order valence-electron chi connectivity index (χ0n) is 26.4. The molecule has 5 rings (SSSR count). The minimum atomic E-state index is -3.90. The summed E-state index contributed by atoms with van der Waals surface area (Å²) in [5, 5.41) is 4.18. The van der Waals surface area contributed by atoms with E-state index in [1.165, 1.54) is 19.1 Å². The van der Waals surface area contributed by atoms with Crippen molar-refractivity contribution < 1.29 is 27.1 Å². The number of ether oxygens (including phenoxy) is 1. The van der Waals surface area contributed by atoms with Gasteiger partial charge in [-0.1, -0.05) is 61.4 Å². The summed E-state index contributed by atoms with van der Waals surface area (Å²) in [6.45, 7) is 6.73. The number of Topliss-reactive ketones (excluding diaryl/α,β-unsaturated/α-hetero) is 1. The second-order valence-electron chi connectivity index (χ2n) is 12.0. The van der Waals surface area contributed by atoms with Gasteiger partial charge in [0.25, 0.3) is 5.91 Å². The molecule has 248 valence electrons. The van der Waals surface area contributed by atoms with Gasteiger partial charge in [0, 0.05) is 34.9 Å². The fourth-order valence-corrected chi connectivity index (χ4v) is 8.06. The first-order valence-corrected chi connectivity index (χ1v) is 18.1. The number of amides is 1. The fraction of sp³-hybridized carbons (Fsp3) is 0.353. The minimum Gasteiger partial charge on any atom is -0.477 e. The third-order valence-electron chi connectivity index (χ3n) is 9.10. The summed E-state index contributed by atoms with van der Waals surface area (Å²) in [5.41, 5.74) is 0.329. The highest BCUT2D eigenvalue weighted by molar-refractivity contribution is 7.89. The van der Waals surface area contributed by atoms with Crippen LogP contribution in [-0.4, -0.2) is 42.7 Å². The Morgan fingerprint density at radius 3 is 2.38 bits per heavy atom. The van der Waals surface area contributed by atoms with Crippen LogP contribution >= 0.6 is 35.4 Å². The Bertz CT molecular complexity index is 1950. The number of sulfonamides is 1. The van der Waals surface area contributed by atoms with Gasteiger partial charge in [-0.3, -0.25) is 9.59 Å². The lowest BCUT2D eigenvalue weighted by molar-refractivity contribution is -0.135. The Kier molecular flexibility index (Phi) is 9.60. The van der Waals surface area contributed by atoms with E-state index in [4.69, 9.17) is 45.1 Å². The second-order valence-corrected chi connectivity index (χ2v) is 15.1. The summed E-state index contributed by atoms with van der Waals surface area (Å²) in [6, 6.07) is 13.8. The lowest BCUT2D eigenvalue weighted by Gasteiger charge is -2.50. The second kappa shape index (κ2) is 12.9. The van der Waals surface area contributed by atoms with Crippen LogP contribution in [0.4, 0.5) is 10.1 Å². The molecule has 0 radical (unpaired) electrons. The van der Waals surface area contributed by atoms with Gasteiger partial charge in [0.1, 0.15) is 11.6 Å². The zero-order chi connectivity index (χ0) is 34.5. The van der Waals surface area contributed by atoms with Crippen LogP contribution in [0.5, 0.6) is 5.75 Å². The molecule has 2 N–H and O–H groups in total. The topological polar surface area (TPSA) is 114 Å². The molecule has 0 aliphatic carbocycles. The van der Waals surface area contributed by atoms with Crippen molar-refractivity contribution in [3.05, 3.63) is 92.7 Å². The molecule has 47 heavy (non-hydrogen) atoms. The number of benzene rings is 3. The molecule has 1 amide bonds. The Balaban J connectivity index is 1.84. The number of hydrogen-bond acceptors (Lipinski definition) is 7. The number of nitrogens with zero attached hydrogens (tertiary/aromatic N) is 1. The summed E-state index contributed by atoms with van der Waals surface area (Å²) in [6.07, 6.45) is 1.37. The molecule has 2 aliphatic rings. The Morgan fingerprint density at radius 2 is 1.74 bits per heavy atom. The van der Waals surface area contributed by atoms with Crippen LogP contribution in [0, 0.1) is 12.7 Å².